The maximum Gasteiger partial charge on any atom is 0.416 e. The molecule has 2 heterocycles. The maximum atomic E-state index is 13.3. The smallest absolute Gasteiger partial charge is 0.212 e. The molecule has 42 heavy (non-hydrogen) atoms. The summed E-state index contributed by atoms with van der Waals surface area (Å²) < 4.78 is 82.5. The maximum absolute atomic E-state index is 13.3. The van der Waals surface area contributed by atoms with Crippen LogP contribution in [0, 0.1) is 42.3 Å². The van der Waals surface area contributed by atoms with Crippen LogP contribution in [0.4, 0.5) is 26.3 Å². The third-order valence-electron chi connectivity index (χ3n) is 7.09. The van der Waals surface area contributed by atoms with Crippen molar-refractivity contribution in [1.29, 1.82) is 0 Å². The van der Waals surface area contributed by atoms with Crippen LogP contribution in [-0.4, -0.2) is 30.0 Å². The standard InChI is InChI=1S/C30H16F6N6/c31-29(32,33)17-9-13-19(14-10-17)41-27-23-7-3-4-8-24(23)28-26(22-6-2-1-5-21(22)25(27)37-39-41)38-40-42(28)20-15-11-18(12-16-20)30(34,35)36/h1-16H/b25-21+,26-22+,27-23+,28-24+. The largest absolute Gasteiger partial charge is 0.416 e. The van der Waals surface area contributed by atoms with Gasteiger partial charge in [-0.05, 0) is 48.5 Å². The van der Waals surface area contributed by atoms with E-state index >= 15 is 0 Å². The molecule has 0 fully saturated rings. The molecule has 1 aliphatic rings. The summed E-state index contributed by atoms with van der Waals surface area (Å²) in [5.74, 6) is 0. The van der Waals surface area contributed by atoms with Crippen molar-refractivity contribution in [3.8, 4) is 11.4 Å². The second-order valence-corrected chi connectivity index (χ2v) is 9.58. The lowest BCUT2D eigenvalue weighted by Crippen LogP contribution is -2.06. The van der Waals surface area contributed by atoms with Gasteiger partial charge in [0, 0.05) is 20.9 Å². The highest BCUT2D eigenvalue weighted by Gasteiger charge is 2.31. The van der Waals surface area contributed by atoms with E-state index in [1.807, 2.05) is 36.4 Å². The van der Waals surface area contributed by atoms with Gasteiger partial charge in [-0.1, -0.05) is 59.0 Å². The fraction of sp³-hybridized carbons (Fsp3) is 0.0667. The van der Waals surface area contributed by atoms with E-state index in [1.54, 1.807) is 12.1 Å². The summed E-state index contributed by atoms with van der Waals surface area (Å²) in [4.78, 5) is 0. The Kier molecular flexibility index (Phi) is 5.58. The molecule has 0 amide bonds. The molecule has 7 rings (SSSR count). The molecule has 0 unspecified atom stereocenters. The zero-order valence-electron chi connectivity index (χ0n) is 21.2. The number of rotatable bonds is 2. The van der Waals surface area contributed by atoms with Crippen molar-refractivity contribution >= 4 is 0 Å². The van der Waals surface area contributed by atoms with Gasteiger partial charge in [0.15, 0.2) is 0 Å². The summed E-state index contributed by atoms with van der Waals surface area (Å²) >= 11 is 0. The summed E-state index contributed by atoms with van der Waals surface area (Å²) in [7, 11) is 0. The monoisotopic (exact) mass is 574 g/mol. The number of fused-ring (bicyclic) bond motifs is 4. The van der Waals surface area contributed by atoms with Crippen molar-refractivity contribution in [3.63, 3.8) is 0 Å². The molecule has 2 aromatic heterocycles. The number of nitrogens with zero attached hydrogens (tertiary/aromatic N) is 6. The Morgan fingerprint density at radius 1 is 0.429 bits per heavy atom. The number of hydrogen-bond donors (Lipinski definition) is 0. The summed E-state index contributed by atoms with van der Waals surface area (Å²) in [5, 5.41) is 22.1. The summed E-state index contributed by atoms with van der Waals surface area (Å²) in [6.45, 7) is 0. The van der Waals surface area contributed by atoms with Crippen LogP contribution >= 0.6 is 0 Å². The fourth-order valence-corrected chi connectivity index (χ4v) is 5.15. The van der Waals surface area contributed by atoms with Gasteiger partial charge in [0.2, 0.25) is 0 Å². The van der Waals surface area contributed by atoms with E-state index in [-0.39, 0.29) is 0 Å². The van der Waals surface area contributed by atoms with Gasteiger partial charge in [-0.15, -0.1) is 10.2 Å². The van der Waals surface area contributed by atoms with Crippen molar-refractivity contribution in [3.05, 3.63) is 150 Å². The van der Waals surface area contributed by atoms with E-state index < -0.39 is 23.5 Å². The highest BCUT2D eigenvalue weighted by Crippen LogP contribution is 2.30. The Morgan fingerprint density at radius 3 is 1.10 bits per heavy atom. The van der Waals surface area contributed by atoms with Crippen LogP contribution in [0.1, 0.15) is 11.1 Å². The predicted octanol–water partition coefficient (Wildman–Crippen LogP) is 6.35. The SMILES string of the molecule is FC(F)(F)c1ccc(-n2nnc3/c2=c2/cccc/c2=c2/c(nnn2-c2ccc(C(F)(F)F)cc2)=c2/cccc/c2=3)cc1. The minimum Gasteiger partial charge on any atom is -0.212 e. The van der Waals surface area contributed by atoms with Crippen molar-refractivity contribution in [2.24, 2.45) is 0 Å². The molecule has 12 heteroatoms. The Balaban J connectivity index is 1.68. The normalized spacial score (nSPS) is 16.0. The van der Waals surface area contributed by atoms with Crippen LogP contribution in [0.3, 0.4) is 0 Å². The molecule has 0 spiro atoms. The molecular weight excluding hydrogens is 558 g/mol. The summed E-state index contributed by atoms with van der Waals surface area (Å²) in [6, 6.07) is 23.7. The van der Waals surface area contributed by atoms with Crippen LogP contribution in [0.2, 0.25) is 0 Å². The quantitative estimate of drug-likeness (QED) is 0.226. The fourth-order valence-electron chi connectivity index (χ4n) is 5.15. The number of alkyl halides is 6. The van der Waals surface area contributed by atoms with Gasteiger partial charge in [-0.25, -0.2) is 9.36 Å². The molecule has 0 N–H and O–H groups in total. The molecule has 0 saturated carbocycles. The van der Waals surface area contributed by atoms with Crippen molar-refractivity contribution in [2.45, 2.75) is 12.4 Å². The van der Waals surface area contributed by atoms with Gasteiger partial charge in [-0.3, -0.25) is 0 Å². The van der Waals surface area contributed by atoms with Gasteiger partial charge in [0.05, 0.1) is 22.5 Å². The summed E-state index contributed by atoms with van der Waals surface area (Å²) in [5.41, 5.74) is -0.870. The average molecular weight is 574 g/mol. The number of hydrogen-bond acceptors (Lipinski definition) is 4. The van der Waals surface area contributed by atoms with Crippen LogP contribution in [0.5, 0.6) is 0 Å². The van der Waals surface area contributed by atoms with Gasteiger partial charge in [0.25, 0.3) is 0 Å². The summed E-state index contributed by atoms with van der Waals surface area (Å²) in [6.07, 6.45) is -9.00. The molecule has 0 bridgehead atoms. The first kappa shape index (κ1) is 25.7. The lowest BCUT2D eigenvalue weighted by Gasteiger charge is -2.08. The second kappa shape index (κ2) is 9.13. The van der Waals surface area contributed by atoms with Gasteiger partial charge < -0.3 is 0 Å². The van der Waals surface area contributed by atoms with Gasteiger partial charge in [-0.2, -0.15) is 26.3 Å². The molecule has 0 atom stereocenters. The minimum atomic E-state index is -4.50. The van der Waals surface area contributed by atoms with Crippen LogP contribution < -0.4 is 0 Å². The third kappa shape index (κ3) is 4.06. The van der Waals surface area contributed by atoms with E-state index in [0.29, 0.717) is 53.6 Å². The van der Waals surface area contributed by atoms with Gasteiger partial charge in [0.1, 0.15) is 21.4 Å². The van der Waals surface area contributed by atoms with Gasteiger partial charge >= 0.3 is 12.4 Å². The zero-order valence-corrected chi connectivity index (χ0v) is 21.2. The van der Waals surface area contributed by atoms with E-state index in [0.717, 1.165) is 24.3 Å². The van der Waals surface area contributed by atoms with Crippen LogP contribution in [0.25, 0.3) is 11.4 Å². The Bertz CT molecular complexity index is 2210. The minimum absolute atomic E-state index is 0.360. The second-order valence-electron chi connectivity index (χ2n) is 9.58. The lowest BCUT2D eigenvalue weighted by atomic mass is 10.1. The highest BCUT2D eigenvalue weighted by molar-refractivity contribution is 5.38. The van der Waals surface area contributed by atoms with Crippen LogP contribution in [-0.2, 0) is 12.4 Å². The third-order valence-corrected chi connectivity index (χ3v) is 7.09. The first-order valence-corrected chi connectivity index (χ1v) is 12.6. The first-order chi connectivity index (χ1) is 20.1. The molecule has 1 aliphatic carbocycles. The number of aromatic nitrogens is 6. The molecule has 0 aliphatic heterocycles. The first-order valence-electron chi connectivity index (χ1n) is 12.6. The molecule has 0 radical (unpaired) electrons. The van der Waals surface area contributed by atoms with E-state index in [1.165, 1.54) is 33.6 Å². The van der Waals surface area contributed by atoms with Crippen molar-refractivity contribution in [1.82, 2.24) is 30.0 Å². The number of halogens is 6. The molecule has 6 nitrogen and oxygen atoms in total. The Hall–Kier alpha value is -5.26. The molecular formula is C30H16F6N6. The lowest BCUT2D eigenvalue weighted by molar-refractivity contribution is -0.138. The van der Waals surface area contributed by atoms with Crippen LogP contribution in [0.15, 0.2) is 97.1 Å². The van der Waals surface area contributed by atoms with E-state index in [9.17, 15) is 26.3 Å². The van der Waals surface area contributed by atoms with Crippen molar-refractivity contribution < 1.29 is 26.3 Å². The highest BCUT2D eigenvalue weighted by atomic mass is 19.4. The zero-order chi connectivity index (χ0) is 29.2. The molecule has 208 valence electrons. The van der Waals surface area contributed by atoms with Crippen molar-refractivity contribution in [2.75, 3.05) is 0 Å². The van der Waals surface area contributed by atoms with E-state index in [4.69, 9.17) is 0 Å². The molecule has 0 saturated heterocycles. The van der Waals surface area contributed by atoms with E-state index in [2.05, 4.69) is 20.6 Å². The molecule has 4 aromatic carbocycles. The Labute approximate surface area is 230 Å². The number of benzene rings is 4. The average Bonchev–Trinajstić information content (AvgIpc) is 3.61. The topological polar surface area (TPSA) is 61.4 Å². The Morgan fingerprint density at radius 2 is 0.762 bits per heavy atom. The predicted molar refractivity (Wildman–Crippen MR) is 136 cm³/mol. The molecule has 6 aromatic rings.